The summed E-state index contributed by atoms with van der Waals surface area (Å²) < 4.78 is 13.0. The number of hydrogen-bond donors (Lipinski definition) is 1. The molecule has 0 aromatic heterocycles. The van der Waals surface area contributed by atoms with Crippen molar-refractivity contribution < 1.29 is 4.39 Å². The van der Waals surface area contributed by atoms with Gasteiger partial charge in [0.25, 0.3) is 0 Å². The molecule has 1 nitrogen and oxygen atoms in total. The monoisotopic (exact) mass is 237 g/mol. The first-order valence-corrected chi connectivity index (χ1v) is 6.70. The zero-order valence-corrected chi connectivity index (χ0v) is 10.8. The molecule has 0 fully saturated rings. The smallest absolute Gasteiger partial charge is 0.123 e. The Morgan fingerprint density at radius 1 is 1.24 bits per heavy atom. The van der Waals surface area contributed by atoms with E-state index < -0.39 is 0 Å². The zero-order valence-electron chi connectivity index (χ0n) is 10.8. The molecule has 0 aliphatic rings. The minimum absolute atomic E-state index is 0.149. The molecular formula is C15H24FN. The first-order chi connectivity index (χ1) is 8.26. The molecule has 96 valence electrons. The third-order valence-corrected chi connectivity index (χ3v) is 3.21. The Labute approximate surface area is 104 Å². The van der Waals surface area contributed by atoms with Crippen LogP contribution in [0.1, 0.15) is 44.6 Å². The van der Waals surface area contributed by atoms with Gasteiger partial charge in [0.2, 0.25) is 0 Å². The molecule has 0 heterocycles. The lowest BCUT2D eigenvalue weighted by Gasteiger charge is -2.14. The van der Waals surface area contributed by atoms with Crippen molar-refractivity contribution in [2.45, 2.75) is 45.4 Å². The Bertz CT molecular complexity index is 312. The number of nitrogens with two attached hydrogens (primary N) is 1. The normalized spacial score (nSPS) is 12.6. The van der Waals surface area contributed by atoms with Crippen molar-refractivity contribution in [3.05, 3.63) is 35.6 Å². The van der Waals surface area contributed by atoms with Crippen LogP contribution in [0.15, 0.2) is 24.3 Å². The van der Waals surface area contributed by atoms with Crippen molar-refractivity contribution >= 4 is 0 Å². The van der Waals surface area contributed by atoms with Crippen molar-refractivity contribution in [1.82, 2.24) is 0 Å². The average molecular weight is 237 g/mol. The van der Waals surface area contributed by atoms with E-state index in [0.717, 1.165) is 18.4 Å². The van der Waals surface area contributed by atoms with Gasteiger partial charge in [-0.1, -0.05) is 44.7 Å². The van der Waals surface area contributed by atoms with Gasteiger partial charge in [-0.3, -0.25) is 0 Å². The minimum atomic E-state index is -0.149. The summed E-state index contributed by atoms with van der Waals surface area (Å²) >= 11 is 0. The van der Waals surface area contributed by atoms with E-state index in [4.69, 9.17) is 5.73 Å². The van der Waals surface area contributed by atoms with Gasteiger partial charge in [0.15, 0.2) is 0 Å². The summed E-state index contributed by atoms with van der Waals surface area (Å²) in [5, 5.41) is 0. The largest absolute Gasteiger partial charge is 0.330 e. The second-order valence-corrected chi connectivity index (χ2v) is 4.79. The molecule has 0 aliphatic carbocycles. The molecular weight excluding hydrogens is 213 g/mol. The number of rotatable bonds is 8. The number of halogens is 1. The summed E-state index contributed by atoms with van der Waals surface area (Å²) in [6.07, 6.45) is 7.16. The maximum absolute atomic E-state index is 13.0. The van der Waals surface area contributed by atoms with Gasteiger partial charge in [-0.2, -0.15) is 0 Å². The average Bonchev–Trinajstić information content (AvgIpc) is 2.33. The molecule has 0 saturated carbocycles. The Hall–Kier alpha value is -0.890. The van der Waals surface area contributed by atoms with Crippen LogP contribution < -0.4 is 5.73 Å². The molecule has 1 atom stereocenters. The predicted octanol–water partition coefficient (Wildman–Crippen LogP) is 3.91. The predicted molar refractivity (Wildman–Crippen MR) is 71.4 cm³/mol. The molecule has 1 aromatic rings. The number of benzene rings is 1. The lowest BCUT2D eigenvalue weighted by Crippen LogP contribution is -2.17. The van der Waals surface area contributed by atoms with Crippen molar-refractivity contribution in [3.8, 4) is 0 Å². The molecule has 0 radical (unpaired) electrons. The van der Waals surface area contributed by atoms with Gasteiger partial charge in [-0.25, -0.2) is 4.39 Å². The fourth-order valence-electron chi connectivity index (χ4n) is 2.16. The maximum Gasteiger partial charge on any atom is 0.123 e. The summed E-state index contributed by atoms with van der Waals surface area (Å²) in [7, 11) is 0. The van der Waals surface area contributed by atoms with E-state index in [0.29, 0.717) is 12.5 Å². The lowest BCUT2D eigenvalue weighted by atomic mass is 9.93. The zero-order chi connectivity index (χ0) is 12.5. The van der Waals surface area contributed by atoms with Crippen LogP contribution in [-0.2, 0) is 6.42 Å². The standard InChI is InChI=1S/C15H24FN/c1-2-3-4-5-7-14(12-17)10-13-8-6-9-15(16)11-13/h6,8-9,11,14H,2-5,7,10,12,17H2,1H3. The molecule has 2 N–H and O–H groups in total. The summed E-state index contributed by atoms with van der Waals surface area (Å²) in [6.45, 7) is 2.91. The van der Waals surface area contributed by atoms with E-state index in [-0.39, 0.29) is 5.82 Å². The van der Waals surface area contributed by atoms with Crippen LogP contribution in [0.2, 0.25) is 0 Å². The molecule has 0 aliphatic heterocycles. The quantitative estimate of drug-likeness (QED) is 0.681. The summed E-state index contributed by atoms with van der Waals surface area (Å²) in [4.78, 5) is 0. The molecule has 1 rings (SSSR count). The Kier molecular flexibility index (Phi) is 6.87. The fourth-order valence-corrected chi connectivity index (χ4v) is 2.16. The molecule has 17 heavy (non-hydrogen) atoms. The maximum atomic E-state index is 13.0. The third kappa shape index (κ3) is 5.83. The van der Waals surface area contributed by atoms with E-state index in [1.165, 1.54) is 31.7 Å². The molecule has 2 heteroatoms. The van der Waals surface area contributed by atoms with E-state index in [2.05, 4.69) is 6.92 Å². The minimum Gasteiger partial charge on any atom is -0.330 e. The Morgan fingerprint density at radius 2 is 2.06 bits per heavy atom. The lowest BCUT2D eigenvalue weighted by molar-refractivity contribution is 0.459. The second kappa shape index (κ2) is 8.24. The first kappa shape index (κ1) is 14.2. The molecule has 0 saturated heterocycles. The third-order valence-electron chi connectivity index (χ3n) is 3.21. The van der Waals surface area contributed by atoms with Crippen molar-refractivity contribution in [1.29, 1.82) is 0 Å². The van der Waals surface area contributed by atoms with Crippen LogP contribution in [0.5, 0.6) is 0 Å². The van der Waals surface area contributed by atoms with Crippen molar-refractivity contribution in [2.75, 3.05) is 6.54 Å². The van der Waals surface area contributed by atoms with Crippen LogP contribution in [0.25, 0.3) is 0 Å². The highest BCUT2D eigenvalue weighted by molar-refractivity contribution is 5.16. The molecule has 1 unspecified atom stereocenters. The Balaban J connectivity index is 2.35. The van der Waals surface area contributed by atoms with E-state index >= 15 is 0 Å². The Morgan fingerprint density at radius 3 is 2.71 bits per heavy atom. The molecule has 1 aromatic carbocycles. The summed E-state index contributed by atoms with van der Waals surface area (Å²) in [5.41, 5.74) is 6.85. The van der Waals surface area contributed by atoms with Crippen LogP contribution >= 0.6 is 0 Å². The number of hydrogen-bond acceptors (Lipinski definition) is 1. The van der Waals surface area contributed by atoms with Gasteiger partial charge in [-0.05, 0) is 43.0 Å². The highest BCUT2D eigenvalue weighted by atomic mass is 19.1. The van der Waals surface area contributed by atoms with Crippen LogP contribution in [0.4, 0.5) is 4.39 Å². The van der Waals surface area contributed by atoms with E-state index in [1.807, 2.05) is 6.07 Å². The van der Waals surface area contributed by atoms with Gasteiger partial charge in [0.05, 0.1) is 0 Å². The highest BCUT2D eigenvalue weighted by Crippen LogP contribution is 2.16. The molecule has 0 spiro atoms. The van der Waals surface area contributed by atoms with Gasteiger partial charge < -0.3 is 5.73 Å². The van der Waals surface area contributed by atoms with Crippen LogP contribution in [0.3, 0.4) is 0 Å². The van der Waals surface area contributed by atoms with E-state index in [9.17, 15) is 4.39 Å². The molecule has 0 bridgehead atoms. The molecule has 0 amide bonds. The summed E-state index contributed by atoms with van der Waals surface area (Å²) in [5.74, 6) is 0.345. The van der Waals surface area contributed by atoms with Crippen LogP contribution in [-0.4, -0.2) is 6.54 Å². The summed E-state index contributed by atoms with van der Waals surface area (Å²) in [6, 6.07) is 6.87. The highest BCUT2D eigenvalue weighted by Gasteiger charge is 2.08. The fraction of sp³-hybridized carbons (Fsp3) is 0.600. The van der Waals surface area contributed by atoms with Crippen molar-refractivity contribution in [3.63, 3.8) is 0 Å². The number of unbranched alkanes of at least 4 members (excludes halogenated alkanes) is 3. The SMILES string of the molecule is CCCCCCC(CN)Cc1cccc(F)c1. The second-order valence-electron chi connectivity index (χ2n) is 4.79. The van der Waals surface area contributed by atoms with Gasteiger partial charge >= 0.3 is 0 Å². The topological polar surface area (TPSA) is 26.0 Å². The first-order valence-electron chi connectivity index (χ1n) is 6.70. The van der Waals surface area contributed by atoms with Gasteiger partial charge in [-0.15, -0.1) is 0 Å². The van der Waals surface area contributed by atoms with Gasteiger partial charge in [0.1, 0.15) is 5.82 Å². The van der Waals surface area contributed by atoms with Crippen molar-refractivity contribution in [2.24, 2.45) is 11.7 Å². The van der Waals surface area contributed by atoms with E-state index in [1.54, 1.807) is 12.1 Å². The van der Waals surface area contributed by atoms with Crippen LogP contribution in [0, 0.1) is 11.7 Å². The van der Waals surface area contributed by atoms with Gasteiger partial charge in [0, 0.05) is 0 Å².